The summed E-state index contributed by atoms with van der Waals surface area (Å²) < 4.78 is 8.37. The van der Waals surface area contributed by atoms with Gasteiger partial charge in [-0.05, 0) is 54.0 Å². The van der Waals surface area contributed by atoms with Crippen molar-refractivity contribution < 1.29 is 4.74 Å². The smallest absolute Gasteiger partial charge is 0.119 e. The van der Waals surface area contributed by atoms with Gasteiger partial charge in [-0.2, -0.15) is 5.10 Å². The zero-order valence-electron chi connectivity index (χ0n) is 11.4. The Morgan fingerprint density at radius 2 is 2.00 bits per heavy atom. The van der Waals surface area contributed by atoms with Gasteiger partial charge < -0.3 is 10.1 Å². The normalized spacial score (nSPS) is 10.5. The van der Waals surface area contributed by atoms with Crippen LogP contribution in [0.2, 0.25) is 0 Å². The number of halogens is 1. The van der Waals surface area contributed by atoms with Crippen molar-refractivity contribution in [3.05, 3.63) is 40.1 Å². The van der Waals surface area contributed by atoms with Crippen LogP contribution in [0.4, 0.5) is 5.69 Å². The number of aromatic nitrogens is 2. The number of hydrogen-bond acceptors (Lipinski definition) is 3. The lowest BCUT2D eigenvalue weighted by Gasteiger charge is -2.08. The molecule has 1 aromatic heterocycles. The van der Waals surface area contributed by atoms with E-state index in [4.69, 9.17) is 4.74 Å². The number of benzene rings is 1. The molecule has 5 heteroatoms. The van der Waals surface area contributed by atoms with Crippen LogP contribution in [0.1, 0.15) is 18.3 Å². The van der Waals surface area contributed by atoms with Crippen molar-refractivity contribution in [3.63, 3.8) is 0 Å². The van der Waals surface area contributed by atoms with Gasteiger partial charge in [0.05, 0.1) is 29.0 Å². The first-order valence-corrected chi connectivity index (χ1v) is 7.05. The Bertz CT molecular complexity index is 549. The molecule has 0 aliphatic carbocycles. The monoisotopic (exact) mass is 323 g/mol. The highest BCUT2D eigenvalue weighted by molar-refractivity contribution is 9.10. The molecule has 2 aromatic rings. The first-order valence-electron chi connectivity index (χ1n) is 6.26. The van der Waals surface area contributed by atoms with Crippen LogP contribution in [0.3, 0.4) is 0 Å². The minimum absolute atomic E-state index is 0.689. The minimum atomic E-state index is 0.689. The molecule has 1 heterocycles. The topological polar surface area (TPSA) is 39.1 Å². The maximum atomic E-state index is 5.42. The van der Waals surface area contributed by atoms with Crippen molar-refractivity contribution in [1.29, 1.82) is 0 Å². The molecule has 0 saturated heterocycles. The highest BCUT2D eigenvalue weighted by atomic mass is 79.9. The quantitative estimate of drug-likeness (QED) is 0.915. The second kappa shape index (κ2) is 6.10. The molecular weight excluding hydrogens is 306 g/mol. The Hall–Kier alpha value is -1.49. The summed E-state index contributed by atoms with van der Waals surface area (Å²) in [5, 5.41) is 7.75. The van der Waals surface area contributed by atoms with E-state index in [0.717, 1.165) is 33.8 Å². The Kier molecular flexibility index (Phi) is 4.47. The van der Waals surface area contributed by atoms with Gasteiger partial charge in [0.15, 0.2) is 0 Å². The van der Waals surface area contributed by atoms with Gasteiger partial charge >= 0.3 is 0 Å². The summed E-state index contributed by atoms with van der Waals surface area (Å²) in [4.78, 5) is 0. The van der Waals surface area contributed by atoms with Gasteiger partial charge in [-0.15, -0.1) is 0 Å². The number of nitrogens with one attached hydrogen (secondary N) is 1. The van der Waals surface area contributed by atoms with E-state index < -0.39 is 0 Å². The number of aryl methyl sites for hydroxylation is 2. The molecule has 0 aliphatic rings. The highest BCUT2D eigenvalue weighted by Crippen LogP contribution is 2.22. The average molecular weight is 324 g/mol. The summed E-state index contributed by atoms with van der Waals surface area (Å²) in [5.74, 6) is 0.894. The second-order valence-electron chi connectivity index (χ2n) is 4.28. The van der Waals surface area contributed by atoms with Gasteiger partial charge in [-0.3, -0.25) is 4.68 Å². The van der Waals surface area contributed by atoms with Crippen LogP contribution in [0, 0.1) is 6.92 Å². The van der Waals surface area contributed by atoms with Crippen molar-refractivity contribution >= 4 is 21.6 Å². The van der Waals surface area contributed by atoms with E-state index in [2.05, 4.69) is 26.3 Å². The van der Waals surface area contributed by atoms with E-state index in [1.54, 1.807) is 0 Å². The molecule has 0 radical (unpaired) electrons. The predicted molar refractivity (Wildman–Crippen MR) is 80.6 cm³/mol. The minimum Gasteiger partial charge on any atom is -0.494 e. The van der Waals surface area contributed by atoms with Crippen molar-refractivity contribution in [2.75, 3.05) is 11.9 Å². The molecule has 1 N–H and O–H groups in total. The van der Waals surface area contributed by atoms with Crippen LogP contribution < -0.4 is 10.1 Å². The van der Waals surface area contributed by atoms with Crippen LogP contribution in [-0.2, 0) is 13.6 Å². The molecule has 4 nitrogen and oxygen atoms in total. The second-order valence-corrected chi connectivity index (χ2v) is 5.07. The number of rotatable bonds is 5. The molecule has 0 fully saturated rings. The van der Waals surface area contributed by atoms with Gasteiger partial charge in [0, 0.05) is 12.7 Å². The molecule has 0 amide bonds. The van der Waals surface area contributed by atoms with Crippen molar-refractivity contribution in [2.45, 2.75) is 20.4 Å². The molecule has 19 heavy (non-hydrogen) atoms. The molecule has 0 atom stereocenters. The van der Waals surface area contributed by atoms with Crippen LogP contribution in [0.5, 0.6) is 5.75 Å². The number of hydrogen-bond donors (Lipinski definition) is 1. The molecule has 0 unspecified atom stereocenters. The van der Waals surface area contributed by atoms with Crippen LogP contribution >= 0.6 is 15.9 Å². The SMILES string of the molecule is CCOc1ccc(NCc2c(Br)c(C)nn2C)cc1. The molecule has 0 aliphatic heterocycles. The van der Waals surface area contributed by atoms with Crippen LogP contribution in [-0.4, -0.2) is 16.4 Å². The average Bonchev–Trinajstić information content (AvgIpc) is 2.64. The zero-order valence-corrected chi connectivity index (χ0v) is 13.0. The summed E-state index contributed by atoms with van der Waals surface area (Å²) >= 11 is 3.56. The maximum Gasteiger partial charge on any atom is 0.119 e. The van der Waals surface area contributed by atoms with Crippen LogP contribution in [0.15, 0.2) is 28.7 Å². The third kappa shape index (κ3) is 3.29. The van der Waals surface area contributed by atoms with Crippen molar-refractivity contribution in [1.82, 2.24) is 9.78 Å². The van der Waals surface area contributed by atoms with E-state index in [0.29, 0.717) is 6.61 Å². The van der Waals surface area contributed by atoms with Gasteiger partial charge in [0.1, 0.15) is 5.75 Å². The molecule has 0 bridgehead atoms. The highest BCUT2D eigenvalue weighted by Gasteiger charge is 2.09. The van der Waals surface area contributed by atoms with E-state index >= 15 is 0 Å². The van der Waals surface area contributed by atoms with E-state index in [1.807, 2.05) is 49.8 Å². The zero-order chi connectivity index (χ0) is 13.8. The molecule has 0 spiro atoms. The lowest BCUT2D eigenvalue weighted by molar-refractivity contribution is 0.340. The Morgan fingerprint density at radius 3 is 2.53 bits per heavy atom. The van der Waals surface area contributed by atoms with Gasteiger partial charge in [0.25, 0.3) is 0 Å². The summed E-state index contributed by atoms with van der Waals surface area (Å²) in [7, 11) is 1.95. The number of ether oxygens (including phenoxy) is 1. The van der Waals surface area contributed by atoms with Crippen molar-refractivity contribution in [2.24, 2.45) is 7.05 Å². The third-order valence-corrected chi connectivity index (χ3v) is 3.92. The largest absolute Gasteiger partial charge is 0.494 e. The fourth-order valence-corrected chi connectivity index (χ4v) is 2.37. The summed E-state index contributed by atoms with van der Waals surface area (Å²) in [6, 6.07) is 7.97. The molecule has 102 valence electrons. The standard InChI is InChI=1S/C14H18BrN3O/c1-4-19-12-7-5-11(6-8-12)16-9-13-14(15)10(2)17-18(13)3/h5-8,16H,4,9H2,1-3H3. The Morgan fingerprint density at radius 1 is 1.32 bits per heavy atom. The summed E-state index contributed by atoms with van der Waals surface area (Å²) in [6.07, 6.45) is 0. The molecular formula is C14H18BrN3O. The summed E-state index contributed by atoms with van der Waals surface area (Å²) in [5.41, 5.74) is 3.20. The lowest BCUT2D eigenvalue weighted by Crippen LogP contribution is -2.06. The van der Waals surface area contributed by atoms with Crippen LogP contribution in [0.25, 0.3) is 0 Å². The van der Waals surface area contributed by atoms with E-state index in [9.17, 15) is 0 Å². The Labute approximate surface area is 121 Å². The predicted octanol–water partition coefficient (Wildman–Crippen LogP) is 3.50. The first-order chi connectivity index (χ1) is 9.11. The number of nitrogens with zero attached hydrogens (tertiary/aromatic N) is 2. The first kappa shape index (κ1) is 13.9. The molecule has 0 saturated carbocycles. The number of anilines is 1. The fraction of sp³-hybridized carbons (Fsp3) is 0.357. The van der Waals surface area contributed by atoms with Crippen molar-refractivity contribution in [3.8, 4) is 5.75 Å². The maximum absolute atomic E-state index is 5.42. The third-order valence-electron chi connectivity index (χ3n) is 2.89. The van der Waals surface area contributed by atoms with E-state index in [1.165, 1.54) is 0 Å². The summed E-state index contributed by atoms with van der Waals surface area (Å²) in [6.45, 7) is 5.39. The fourth-order valence-electron chi connectivity index (χ4n) is 1.89. The Balaban J connectivity index is 2.02. The molecule has 2 rings (SSSR count). The van der Waals surface area contributed by atoms with Gasteiger partial charge in [-0.25, -0.2) is 0 Å². The van der Waals surface area contributed by atoms with Gasteiger partial charge in [0.2, 0.25) is 0 Å². The van der Waals surface area contributed by atoms with E-state index in [-0.39, 0.29) is 0 Å². The van der Waals surface area contributed by atoms with Gasteiger partial charge in [-0.1, -0.05) is 0 Å². The molecule has 1 aromatic carbocycles. The lowest BCUT2D eigenvalue weighted by atomic mass is 10.3.